The monoisotopic (exact) mass is 330 g/mol. The van der Waals surface area contributed by atoms with Crippen molar-refractivity contribution < 1.29 is 24.3 Å². The van der Waals surface area contributed by atoms with Gasteiger partial charge in [0.15, 0.2) is 0 Å². The number of aromatic carboxylic acids is 1. The Morgan fingerprint density at radius 3 is 2.25 bits per heavy atom. The summed E-state index contributed by atoms with van der Waals surface area (Å²) in [4.78, 5) is 49.0. The molecule has 1 saturated heterocycles. The third kappa shape index (κ3) is 2.89. The number of amides is 3. The maximum Gasteiger partial charge on any atom is 0.337 e. The van der Waals surface area contributed by atoms with Crippen LogP contribution in [0.5, 0.6) is 0 Å². The molecule has 24 heavy (non-hydrogen) atoms. The number of rotatable bonds is 4. The standard InChI is InChI=1S/C17H18N2O5/c20-14(18-13-8-4-3-7-12(13)17(23)24)9-19-15(21)10-5-1-2-6-11(10)16(19)22/h3-4,7-8,10-11H,1-2,5-6,9H2,(H,18,20)(H,23,24)/t10-,11-/m1/s1. The molecule has 1 aromatic carbocycles. The number of anilines is 1. The number of imide groups is 1. The van der Waals surface area contributed by atoms with Crippen LogP contribution in [0.3, 0.4) is 0 Å². The van der Waals surface area contributed by atoms with Crippen molar-refractivity contribution in [2.75, 3.05) is 11.9 Å². The number of nitrogens with zero attached hydrogens (tertiary/aromatic N) is 1. The fourth-order valence-corrected chi connectivity index (χ4v) is 3.50. The number of likely N-dealkylation sites (tertiary alicyclic amines) is 1. The second kappa shape index (κ2) is 6.43. The molecule has 0 spiro atoms. The van der Waals surface area contributed by atoms with Crippen molar-refractivity contribution >= 4 is 29.4 Å². The Labute approximate surface area is 138 Å². The molecule has 3 amide bonds. The maximum absolute atomic E-state index is 12.3. The first-order chi connectivity index (χ1) is 11.5. The van der Waals surface area contributed by atoms with Crippen LogP contribution in [0.4, 0.5) is 5.69 Å². The van der Waals surface area contributed by atoms with Gasteiger partial charge in [-0.2, -0.15) is 0 Å². The molecule has 2 aliphatic rings. The van der Waals surface area contributed by atoms with E-state index < -0.39 is 11.9 Å². The summed E-state index contributed by atoms with van der Waals surface area (Å²) in [7, 11) is 0. The molecule has 1 saturated carbocycles. The maximum atomic E-state index is 12.3. The lowest BCUT2D eigenvalue weighted by molar-refractivity contribution is -0.142. The molecule has 1 heterocycles. The van der Waals surface area contributed by atoms with Gasteiger partial charge < -0.3 is 10.4 Å². The van der Waals surface area contributed by atoms with Gasteiger partial charge in [-0.3, -0.25) is 19.3 Å². The quantitative estimate of drug-likeness (QED) is 0.814. The van der Waals surface area contributed by atoms with E-state index in [0.29, 0.717) is 12.8 Å². The van der Waals surface area contributed by atoms with Crippen LogP contribution in [-0.2, 0) is 14.4 Å². The van der Waals surface area contributed by atoms with Gasteiger partial charge in [0, 0.05) is 0 Å². The molecule has 1 aliphatic carbocycles. The zero-order chi connectivity index (χ0) is 17.3. The van der Waals surface area contributed by atoms with E-state index in [1.54, 1.807) is 12.1 Å². The van der Waals surface area contributed by atoms with Gasteiger partial charge in [0.05, 0.1) is 23.1 Å². The number of fused-ring (bicyclic) bond motifs is 1. The summed E-state index contributed by atoms with van der Waals surface area (Å²) in [5, 5.41) is 11.6. The molecule has 0 aromatic heterocycles. The van der Waals surface area contributed by atoms with E-state index in [1.165, 1.54) is 12.1 Å². The minimum Gasteiger partial charge on any atom is -0.478 e. The summed E-state index contributed by atoms with van der Waals surface area (Å²) in [6.45, 7) is -0.376. The first kappa shape index (κ1) is 16.2. The summed E-state index contributed by atoms with van der Waals surface area (Å²) in [5.74, 6) is -2.91. The van der Waals surface area contributed by atoms with Crippen molar-refractivity contribution in [2.45, 2.75) is 25.7 Å². The number of carbonyl (C=O) groups is 4. The van der Waals surface area contributed by atoms with Crippen molar-refractivity contribution in [3.8, 4) is 0 Å². The van der Waals surface area contributed by atoms with Crippen LogP contribution in [0.25, 0.3) is 0 Å². The normalized spacial score (nSPS) is 23.1. The number of hydrogen-bond acceptors (Lipinski definition) is 4. The topological polar surface area (TPSA) is 104 Å². The van der Waals surface area contributed by atoms with Crippen LogP contribution < -0.4 is 5.32 Å². The van der Waals surface area contributed by atoms with Crippen molar-refractivity contribution in [3.05, 3.63) is 29.8 Å². The first-order valence-corrected chi connectivity index (χ1v) is 7.96. The molecule has 2 atom stereocenters. The molecular weight excluding hydrogens is 312 g/mol. The Balaban J connectivity index is 1.70. The molecule has 2 fully saturated rings. The van der Waals surface area contributed by atoms with E-state index in [1.807, 2.05) is 0 Å². The highest BCUT2D eigenvalue weighted by atomic mass is 16.4. The summed E-state index contributed by atoms with van der Waals surface area (Å²) in [5.41, 5.74) is 0.102. The molecule has 126 valence electrons. The van der Waals surface area contributed by atoms with Gasteiger partial charge in [0.2, 0.25) is 17.7 Å². The molecule has 0 bridgehead atoms. The van der Waals surface area contributed by atoms with E-state index >= 15 is 0 Å². The average Bonchev–Trinajstić information content (AvgIpc) is 2.80. The second-order valence-electron chi connectivity index (χ2n) is 6.16. The largest absolute Gasteiger partial charge is 0.478 e. The Kier molecular flexibility index (Phi) is 4.33. The zero-order valence-corrected chi connectivity index (χ0v) is 13.0. The highest BCUT2D eigenvalue weighted by Crippen LogP contribution is 2.37. The number of para-hydroxylation sites is 1. The van der Waals surface area contributed by atoms with Gasteiger partial charge in [0.1, 0.15) is 6.54 Å². The van der Waals surface area contributed by atoms with Crippen molar-refractivity contribution in [3.63, 3.8) is 0 Å². The number of hydrogen-bond donors (Lipinski definition) is 2. The molecule has 1 aromatic rings. The minimum absolute atomic E-state index is 0.0430. The third-order valence-electron chi connectivity index (χ3n) is 4.67. The average molecular weight is 330 g/mol. The van der Waals surface area contributed by atoms with Gasteiger partial charge in [-0.15, -0.1) is 0 Å². The molecular formula is C17H18N2O5. The lowest BCUT2D eigenvalue weighted by Crippen LogP contribution is -2.38. The zero-order valence-electron chi connectivity index (χ0n) is 13.0. The molecule has 3 rings (SSSR count). The Morgan fingerprint density at radius 1 is 1.08 bits per heavy atom. The molecule has 7 nitrogen and oxygen atoms in total. The van der Waals surface area contributed by atoms with Gasteiger partial charge in [-0.1, -0.05) is 25.0 Å². The third-order valence-corrected chi connectivity index (χ3v) is 4.67. The minimum atomic E-state index is -1.16. The number of carboxylic acids is 1. The highest BCUT2D eigenvalue weighted by Gasteiger charge is 2.48. The van der Waals surface area contributed by atoms with Crippen molar-refractivity contribution in [1.29, 1.82) is 0 Å². The van der Waals surface area contributed by atoms with Crippen LogP contribution in [0.2, 0.25) is 0 Å². The predicted octanol–water partition coefficient (Wildman–Crippen LogP) is 1.50. The molecule has 0 radical (unpaired) electrons. The number of carbonyl (C=O) groups excluding carboxylic acids is 3. The summed E-state index contributed by atoms with van der Waals surface area (Å²) in [6, 6.07) is 5.99. The Morgan fingerprint density at radius 2 is 1.67 bits per heavy atom. The molecule has 7 heteroatoms. The molecule has 0 unspecified atom stereocenters. The summed E-state index contributed by atoms with van der Waals surface area (Å²) in [6.07, 6.45) is 3.23. The Hall–Kier alpha value is -2.70. The fourth-order valence-electron chi connectivity index (χ4n) is 3.50. The van der Waals surface area contributed by atoms with E-state index in [9.17, 15) is 19.2 Å². The van der Waals surface area contributed by atoms with Gasteiger partial charge in [-0.25, -0.2) is 4.79 Å². The molecule has 1 aliphatic heterocycles. The van der Waals surface area contributed by atoms with Gasteiger partial charge >= 0.3 is 5.97 Å². The number of carboxylic acid groups (broad SMARTS) is 1. The second-order valence-corrected chi connectivity index (χ2v) is 6.16. The van der Waals surface area contributed by atoms with Crippen LogP contribution in [0.15, 0.2) is 24.3 Å². The number of nitrogens with one attached hydrogen (secondary N) is 1. The first-order valence-electron chi connectivity index (χ1n) is 7.96. The SMILES string of the molecule is O=C(CN1C(=O)[C@@H]2CCCC[C@H]2C1=O)Nc1ccccc1C(=O)O. The van der Waals surface area contributed by atoms with E-state index in [4.69, 9.17) is 5.11 Å². The van der Waals surface area contributed by atoms with Crippen LogP contribution in [-0.4, -0.2) is 40.2 Å². The lowest BCUT2D eigenvalue weighted by atomic mass is 9.81. The van der Waals surface area contributed by atoms with Gasteiger partial charge in [0.25, 0.3) is 0 Å². The summed E-state index contributed by atoms with van der Waals surface area (Å²) >= 11 is 0. The van der Waals surface area contributed by atoms with Crippen molar-refractivity contribution in [1.82, 2.24) is 4.90 Å². The van der Waals surface area contributed by atoms with E-state index in [0.717, 1.165) is 17.7 Å². The van der Waals surface area contributed by atoms with Crippen LogP contribution >= 0.6 is 0 Å². The highest BCUT2D eigenvalue weighted by molar-refractivity contribution is 6.09. The van der Waals surface area contributed by atoms with Crippen LogP contribution in [0, 0.1) is 11.8 Å². The lowest BCUT2D eigenvalue weighted by Gasteiger charge is -2.19. The van der Waals surface area contributed by atoms with Crippen molar-refractivity contribution in [2.24, 2.45) is 11.8 Å². The predicted molar refractivity (Wildman–Crippen MR) is 84.2 cm³/mol. The Bertz CT molecular complexity index is 691. The van der Waals surface area contributed by atoms with E-state index in [2.05, 4.69) is 5.32 Å². The number of benzene rings is 1. The van der Waals surface area contributed by atoms with Crippen LogP contribution in [0.1, 0.15) is 36.0 Å². The molecule has 2 N–H and O–H groups in total. The smallest absolute Gasteiger partial charge is 0.337 e. The van der Waals surface area contributed by atoms with Gasteiger partial charge in [-0.05, 0) is 25.0 Å². The summed E-state index contributed by atoms with van der Waals surface area (Å²) < 4.78 is 0. The fraction of sp³-hybridized carbons (Fsp3) is 0.412. The van der Waals surface area contributed by atoms with E-state index in [-0.39, 0.29) is 41.4 Å².